The van der Waals surface area contributed by atoms with Crippen molar-refractivity contribution in [3.63, 3.8) is 0 Å². The van der Waals surface area contributed by atoms with Crippen molar-refractivity contribution in [2.24, 2.45) is 7.05 Å². The van der Waals surface area contributed by atoms with E-state index in [0.29, 0.717) is 11.6 Å². The van der Waals surface area contributed by atoms with E-state index in [1.807, 2.05) is 14.0 Å². The number of carbonyl (C=O) groups excluding carboxylic acids is 1. The number of nitrogens with zero attached hydrogens (tertiary/aromatic N) is 3. The summed E-state index contributed by atoms with van der Waals surface area (Å²) in [6.45, 7) is 1.86. The number of aromatic nitrogens is 3. The molecule has 15 heavy (non-hydrogen) atoms. The summed E-state index contributed by atoms with van der Waals surface area (Å²) >= 11 is 1.45. The van der Waals surface area contributed by atoms with Gasteiger partial charge in [0.15, 0.2) is 0 Å². The van der Waals surface area contributed by atoms with Gasteiger partial charge in [-0.2, -0.15) is 0 Å². The molecule has 0 aliphatic heterocycles. The fourth-order valence-corrected chi connectivity index (χ4v) is 1.71. The molecule has 1 N–H and O–H groups in total. The van der Waals surface area contributed by atoms with Crippen LogP contribution >= 0.6 is 11.3 Å². The lowest BCUT2D eigenvalue weighted by Gasteiger charge is -2.01. The highest BCUT2D eigenvalue weighted by molar-refractivity contribution is 7.09. The van der Waals surface area contributed by atoms with Crippen LogP contribution in [0.2, 0.25) is 0 Å². The summed E-state index contributed by atoms with van der Waals surface area (Å²) < 4.78 is 1.73. The first kappa shape index (κ1) is 9.85. The van der Waals surface area contributed by atoms with Crippen molar-refractivity contribution in [1.82, 2.24) is 14.5 Å². The first-order valence-electron chi connectivity index (χ1n) is 4.37. The molecule has 2 heterocycles. The third-order valence-electron chi connectivity index (χ3n) is 1.90. The Morgan fingerprint density at radius 1 is 1.60 bits per heavy atom. The minimum absolute atomic E-state index is 0.228. The third kappa shape index (κ3) is 2.04. The zero-order valence-corrected chi connectivity index (χ0v) is 9.21. The molecule has 2 rings (SSSR count). The van der Waals surface area contributed by atoms with Gasteiger partial charge < -0.3 is 4.57 Å². The van der Waals surface area contributed by atoms with Gasteiger partial charge in [-0.3, -0.25) is 10.1 Å². The van der Waals surface area contributed by atoms with Gasteiger partial charge in [-0.1, -0.05) is 0 Å². The summed E-state index contributed by atoms with van der Waals surface area (Å²) in [6.07, 6.45) is 3.39. The predicted octanol–water partition coefficient (Wildman–Crippen LogP) is 1.44. The van der Waals surface area contributed by atoms with E-state index >= 15 is 0 Å². The molecule has 0 radical (unpaired) electrons. The van der Waals surface area contributed by atoms with Crippen molar-refractivity contribution < 1.29 is 4.79 Å². The molecule has 1 amide bonds. The Morgan fingerprint density at radius 3 is 2.93 bits per heavy atom. The van der Waals surface area contributed by atoms with Gasteiger partial charge in [0.25, 0.3) is 5.91 Å². The highest BCUT2D eigenvalue weighted by atomic mass is 32.1. The van der Waals surface area contributed by atoms with Crippen LogP contribution in [0.5, 0.6) is 0 Å². The Hall–Kier alpha value is -1.69. The minimum Gasteiger partial charge on any atom is -0.320 e. The fraction of sp³-hybridized carbons (Fsp3) is 0.222. The van der Waals surface area contributed by atoms with Crippen molar-refractivity contribution in [2.75, 3.05) is 5.32 Å². The summed E-state index contributed by atoms with van der Waals surface area (Å²) in [5.74, 6) is 0.291. The summed E-state index contributed by atoms with van der Waals surface area (Å²) in [7, 11) is 1.81. The maximum absolute atomic E-state index is 11.7. The number of anilines is 1. The van der Waals surface area contributed by atoms with E-state index in [1.165, 1.54) is 11.3 Å². The first-order chi connectivity index (χ1) is 7.16. The fourth-order valence-electron chi connectivity index (χ4n) is 1.12. The predicted molar refractivity (Wildman–Crippen MR) is 58.0 cm³/mol. The van der Waals surface area contributed by atoms with Crippen LogP contribution in [0.25, 0.3) is 0 Å². The molecule has 6 heteroatoms. The van der Waals surface area contributed by atoms with Crippen LogP contribution < -0.4 is 5.32 Å². The molecule has 0 aliphatic rings. The lowest BCUT2D eigenvalue weighted by molar-refractivity contribution is 0.102. The van der Waals surface area contributed by atoms with Crippen LogP contribution in [-0.4, -0.2) is 20.4 Å². The number of nitrogens with one attached hydrogen (secondary N) is 1. The van der Waals surface area contributed by atoms with Crippen LogP contribution in [0.15, 0.2) is 17.8 Å². The molecule has 0 aromatic carbocycles. The average Bonchev–Trinajstić information content (AvgIpc) is 2.77. The van der Waals surface area contributed by atoms with Crippen LogP contribution in [-0.2, 0) is 7.05 Å². The second-order valence-electron chi connectivity index (χ2n) is 3.07. The topological polar surface area (TPSA) is 59.8 Å². The number of rotatable bonds is 2. The number of amides is 1. The monoisotopic (exact) mass is 222 g/mol. The molecular weight excluding hydrogens is 212 g/mol. The van der Waals surface area contributed by atoms with E-state index in [-0.39, 0.29) is 5.91 Å². The van der Waals surface area contributed by atoms with Crippen LogP contribution in [0.1, 0.15) is 15.5 Å². The number of thiazole rings is 1. The molecular formula is C9H10N4OS. The lowest BCUT2D eigenvalue weighted by atomic mass is 10.4. The molecule has 0 unspecified atom stereocenters. The van der Waals surface area contributed by atoms with E-state index in [4.69, 9.17) is 0 Å². The van der Waals surface area contributed by atoms with Gasteiger partial charge in [-0.05, 0) is 6.92 Å². The Labute approximate surface area is 90.8 Å². The van der Waals surface area contributed by atoms with E-state index in [1.54, 1.807) is 22.3 Å². The minimum atomic E-state index is -0.228. The molecule has 5 nitrogen and oxygen atoms in total. The molecule has 0 saturated heterocycles. The third-order valence-corrected chi connectivity index (χ3v) is 2.67. The van der Waals surface area contributed by atoms with Gasteiger partial charge in [-0.25, -0.2) is 9.97 Å². The van der Waals surface area contributed by atoms with Gasteiger partial charge >= 0.3 is 0 Å². The first-order valence-corrected chi connectivity index (χ1v) is 5.25. The number of hydrogen-bond acceptors (Lipinski definition) is 4. The van der Waals surface area contributed by atoms with Crippen molar-refractivity contribution in [1.29, 1.82) is 0 Å². The maximum atomic E-state index is 11.7. The van der Waals surface area contributed by atoms with Crippen LogP contribution in [0.4, 0.5) is 5.95 Å². The Morgan fingerprint density at radius 2 is 2.40 bits per heavy atom. The SMILES string of the molecule is Cc1nc(C(=O)Nc2nccn2C)cs1. The second-order valence-corrected chi connectivity index (χ2v) is 4.13. The van der Waals surface area contributed by atoms with E-state index in [0.717, 1.165) is 5.01 Å². The maximum Gasteiger partial charge on any atom is 0.277 e. The largest absolute Gasteiger partial charge is 0.320 e. The molecule has 2 aromatic heterocycles. The van der Waals surface area contributed by atoms with Crippen molar-refractivity contribution in [3.05, 3.63) is 28.5 Å². The van der Waals surface area contributed by atoms with Crippen molar-refractivity contribution in [2.45, 2.75) is 6.92 Å². The van der Waals surface area contributed by atoms with E-state index in [9.17, 15) is 4.79 Å². The summed E-state index contributed by atoms with van der Waals surface area (Å²) in [4.78, 5) is 19.7. The number of aryl methyl sites for hydroxylation is 2. The number of imidazole rings is 1. The summed E-state index contributed by atoms with van der Waals surface area (Å²) in [5.41, 5.74) is 0.431. The molecule has 78 valence electrons. The Kier molecular flexibility index (Phi) is 2.51. The normalized spacial score (nSPS) is 10.3. The molecule has 2 aromatic rings. The Bertz CT molecular complexity index is 488. The zero-order valence-electron chi connectivity index (χ0n) is 8.39. The van der Waals surface area contributed by atoms with Crippen molar-refractivity contribution >= 4 is 23.2 Å². The molecule has 0 saturated carbocycles. The van der Waals surface area contributed by atoms with Crippen LogP contribution in [0, 0.1) is 6.92 Å². The molecule has 0 fully saturated rings. The molecule has 0 atom stereocenters. The quantitative estimate of drug-likeness (QED) is 0.836. The smallest absolute Gasteiger partial charge is 0.277 e. The van der Waals surface area contributed by atoms with E-state index < -0.39 is 0 Å². The highest BCUT2D eigenvalue weighted by Crippen LogP contribution is 2.10. The van der Waals surface area contributed by atoms with Gasteiger partial charge in [0.1, 0.15) is 5.69 Å². The molecule has 0 spiro atoms. The number of hydrogen-bond donors (Lipinski definition) is 1. The number of carbonyl (C=O) groups is 1. The molecule has 0 aliphatic carbocycles. The van der Waals surface area contributed by atoms with Gasteiger partial charge in [0.2, 0.25) is 5.95 Å². The van der Waals surface area contributed by atoms with Crippen molar-refractivity contribution in [3.8, 4) is 0 Å². The van der Waals surface area contributed by atoms with Crippen LogP contribution in [0.3, 0.4) is 0 Å². The summed E-state index contributed by atoms with van der Waals surface area (Å²) in [5, 5.41) is 5.28. The Balaban J connectivity index is 2.14. The van der Waals surface area contributed by atoms with Gasteiger partial charge in [0.05, 0.1) is 5.01 Å². The van der Waals surface area contributed by atoms with Gasteiger partial charge in [-0.15, -0.1) is 11.3 Å². The standard InChI is InChI=1S/C9H10N4OS/c1-6-11-7(5-15-6)8(14)12-9-10-3-4-13(9)2/h3-5H,1-2H3,(H,10,12,14). The van der Waals surface area contributed by atoms with Gasteiger partial charge in [0, 0.05) is 24.8 Å². The second kappa shape index (κ2) is 3.82. The zero-order chi connectivity index (χ0) is 10.8. The molecule has 0 bridgehead atoms. The average molecular weight is 222 g/mol. The highest BCUT2D eigenvalue weighted by Gasteiger charge is 2.11. The van der Waals surface area contributed by atoms with E-state index in [2.05, 4.69) is 15.3 Å². The lowest BCUT2D eigenvalue weighted by Crippen LogP contribution is -2.15. The summed E-state index contributed by atoms with van der Waals surface area (Å²) in [6, 6.07) is 0.